The van der Waals surface area contributed by atoms with Gasteiger partial charge in [-0.2, -0.15) is 5.10 Å². The van der Waals surface area contributed by atoms with Crippen molar-refractivity contribution in [3.63, 3.8) is 0 Å². The molecule has 0 saturated carbocycles. The van der Waals surface area contributed by atoms with E-state index in [-0.39, 0.29) is 0 Å². The van der Waals surface area contributed by atoms with Gasteiger partial charge in [-0.25, -0.2) is 0 Å². The summed E-state index contributed by atoms with van der Waals surface area (Å²) >= 11 is 0. The second-order valence-electron chi connectivity index (χ2n) is 5.11. The van der Waals surface area contributed by atoms with Crippen molar-refractivity contribution in [2.75, 3.05) is 6.61 Å². The number of aromatic nitrogens is 2. The van der Waals surface area contributed by atoms with E-state index in [9.17, 15) is 0 Å². The Morgan fingerprint density at radius 2 is 1.70 bits per heavy atom. The van der Waals surface area contributed by atoms with Crippen molar-refractivity contribution in [3.8, 4) is 17.0 Å². The van der Waals surface area contributed by atoms with Crippen molar-refractivity contribution < 1.29 is 4.74 Å². The minimum absolute atomic E-state index is 0.815. The molecule has 2 aromatic rings. The lowest BCUT2D eigenvalue weighted by atomic mass is 10.1. The molecule has 0 amide bonds. The topological polar surface area (TPSA) is 37.9 Å². The third-order valence-corrected chi connectivity index (χ3v) is 3.43. The summed E-state index contributed by atoms with van der Waals surface area (Å²) in [5.74, 6) is 0.946. The SMILES string of the molecule is CCCCCCCCOc1ccc(-c2ccn[nH]2)cc1. The summed E-state index contributed by atoms with van der Waals surface area (Å²) < 4.78 is 5.76. The van der Waals surface area contributed by atoms with Gasteiger partial charge in [-0.3, -0.25) is 5.10 Å². The molecule has 0 saturated heterocycles. The minimum atomic E-state index is 0.815. The van der Waals surface area contributed by atoms with E-state index in [4.69, 9.17) is 4.74 Å². The molecule has 0 fully saturated rings. The molecular formula is C17H24N2O. The number of aromatic amines is 1. The summed E-state index contributed by atoms with van der Waals surface area (Å²) in [6.45, 7) is 3.06. The van der Waals surface area contributed by atoms with Crippen LogP contribution >= 0.6 is 0 Å². The lowest BCUT2D eigenvalue weighted by Gasteiger charge is -2.06. The number of benzene rings is 1. The van der Waals surface area contributed by atoms with Gasteiger partial charge in [0.25, 0.3) is 0 Å². The maximum absolute atomic E-state index is 5.76. The first-order chi connectivity index (χ1) is 9.90. The van der Waals surface area contributed by atoms with Crippen LogP contribution in [0.1, 0.15) is 45.4 Å². The zero-order chi connectivity index (χ0) is 14.0. The Morgan fingerprint density at radius 3 is 2.40 bits per heavy atom. The molecule has 1 aromatic heterocycles. The first-order valence-corrected chi connectivity index (χ1v) is 7.63. The average molecular weight is 272 g/mol. The maximum Gasteiger partial charge on any atom is 0.119 e. The molecule has 1 aromatic carbocycles. The number of rotatable bonds is 9. The van der Waals surface area contributed by atoms with Crippen LogP contribution in [0.4, 0.5) is 0 Å². The van der Waals surface area contributed by atoms with E-state index in [2.05, 4.69) is 29.3 Å². The van der Waals surface area contributed by atoms with Crippen molar-refractivity contribution in [2.45, 2.75) is 45.4 Å². The minimum Gasteiger partial charge on any atom is -0.494 e. The van der Waals surface area contributed by atoms with Crippen molar-refractivity contribution in [2.24, 2.45) is 0 Å². The smallest absolute Gasteiger partial charge is 0.119 e. The van der Waals surface area contributed by atoms with E-state index in [1.807, 2.05) is 18.2 Å². The summed E-state index contributed by atoms with van der Waals surface area (Å²) in [6.07, 6.45) is 9.52. The van der Waals surface area contributed by atoms with Gasteiger partial charge in [0.15, 0.2) is 0 Å². The van der Waals surface area contributed by atoms with Crippen LogP contribution in [0.15, 0.2) is 36.5 Å². The Hall–Kier alpha value is -1.77. The normalized spacial score (nSPS) is 10.7. The van der Waals surface area contributed by atoms with E-state index in [0.29, 0.717) is 0 Å². The predicted octanol–water partition coefficient (Wildman–Crippen LogP) is 4.82. The van der Waals surface area contributed by atoms with Gasteiger partial charge in [-0.15, -0.1) is 0 Å². The highest BCUT2D eigenvalue weighted by Gasteiger charge is 1.99. The van der Waals surface area contributed by atoms with Gasteiger partial charge in [-0.05, 0) is 42.3 Å². The molecule has 2 rings (SSSR count). The van der Waals surface area contributed by atoms with Gasteiger partial charge >= 0.3 is 0 Å². The Labute approximate surface area is 121 Å². The van der Waals surface area contributed by atoms with Crippen molar-refractivity contribution in [1.82, 2.24) is 10.2 Å². The Kier molecular flexibility index (Phi) is 6.15. The van der Waals surface area contributed by atoms with Crippen molar-refractivity contribution in [1.29, 1.82) is 0 Å². The van der Waals surface area contributed by atoms with Gasteiger partial charge < -0.3 is 4.74 Å². The van der Waals surface area contributed by atoms with Crippen molar-refractivity contribution >= 4 is 0 Å². The monoisotopic (exact) mass is 272 g/mol. The fraction of sp³-hybridized carbons (Fsp3) is 0.471. The number of ether oxygens (including phenoxy) is 1. The maximum atomic E-state index is 5.76. The number of nitrogens with one attached hydrogen (secondary N) is 1. The van der Waals surface area contributed by atoms with Gasteiger partial charge in [0.05, 0.1) is 12.3 Å². The van der Waals surface area contributed by atoms with Crippen LogP contribution in [-0.4, -0.2) is 16.8 Å². The van der Waals surface area contributed by atoms with Gasteiger partial charge in [0, 0.05) is 6.20 Å². The van der Waals surface area contributed by atoms with Crippen LogP contribution in [0, 0.1) is 0 Å². The molecule has 0 aliphatic heterocycles. The predicted molar refractivity (Wildman–Crippen MR) is 82.9 cm³/mol. The first kappa shape index (κ1) is 14.6. The first-order valence-electron chi connectivity index (χ1n) is 7.63. The summed E-state index contributed by atoms with van der Waals surface area (Å²) in [5, 5.41) is 6.91. The van der Waals surface area contributed by atoms with Crippen LogP contribution in [-0.2, 0) is 0 Å². The molecule has 0 radical (unpaired) electrons. The highest BCUT2D eigenvalue weighted by atomic mass is 16.5. The number of unbranched alkanes of at least 4 members (excludes halogenated alkanes) is 5. The van der Waals surface area contributed by atoms with Gasteiger partial charge in [-0.1, -0.05) is 39.0 Å². The summed E-state index contributed by atoms with van der Waals surface area (Å²) in [4.78, 5) is 0. The molecule has 0 aliphatic rings. The van der Waals surface area contributed by atoms with Gasteiger partial charge in [0.2, 0.25) is 0 Å². The molecular weight excluding hydrogens is 248 g/mol. The molecule has 3 heteroatoms. The Balaban J connectivity index is 1.67. The van der Waals surface area contributed by atoms with Crippen LogP contribution < -0.4 is 4.74 Å². The summed E-state index contributed by atoms with van der Waals surface area (Å²) in [7, 11) is 0. The van der Waals surface area contributed by atoms with E-state index >= 15 is 0 Å². The molecule has 0 unspecified atom stereocenters. The molecule has 20 heavy (non-hydrogen) atoms. The zero-order valence-corrected chi connectivity index (χ0v) is 12.3. The lowest BCUT2D eigenvalue weighted by Crippen LogP contribution is -1.97. The molecule has 0 bridgehead atoms. The number of hydrogen-bond donors (Lipinski definition) is 1. The van der Waals surface area contributed by atoms with Crippen LogP contribution in [0.2, 0.25) is 0 Å². The quantitative estimate of drug-likeness (QED) is 0.665. The highest BCUT2D eigenvalue weighted by Crippen LogP contribution is 2.20. The summed E-state index contributed by atoms with van der Waals surface area (Å²) in [6, 6.07) is 10.1. The van der Waals surface area contributed by atoms with E-state index in [1.165, 1.54) is 32.1 Å². The average Bonchev–Trinajstić information content (AvgIpc) is 3.01. The third kappa shape index (κ3) is 4.72. The van der Waals surface area contributed by atoms with Crippen LogP contribution in [0.25, 0.3) is 11.3 Å². The molecule has 3 nitrogen and oxygen atoms in total. The number of H-pyrrole nitrogens is 1. The van der Waals surface area contributed by atoms with Crippen LogP contribution in [0.5, 0.6) is 5.75 Å². The largest absolute Gasteiger partial charge is 0.494 e. The van der Waals surface area contributed by atoms with E-state index in [0.717, 1.165) is 30.0 Å². The Bertz CT molecular complexity index is 462. The molecule has 0 spiro atoms. The highest BCUT2D eigenvalue weighted by molar-refractivity contribution is 5.59. The molecule has 1 N–H and O–H groups in total. The third-order valence-electron chi connectivity index (χ3n) is 3.43. The number of hydrogen-bond acceptors (Lipinski definition) is 2. The van der Waals surface area contributed by atoms with Crippen LogP contribution in [0.3, 0.4) is 0 Å². The molecule has 108 valence electrons. The second-order valence-corrected chi connectivity index (χ2v) is 5.11. The van der Waals surface area contributed by atoms with Gasteiger partial charge in [0.1, 0.15) is 5.75 Å². The molecule has 0 aliphatic carbocycles. The fourth-order valence-electron chi connectivity index (χ4n) is 2.22. The molecule has 1 heterocycles. The van der Waals surface area contributed by atoms with Crippen molar-refractivity contribution in [3.05, 3.63) is 36.5 Å². The molecule has 0 atom stereocenters. The Morgan fingerprint density at radius 1 is 0.950 bits per heavy atom. The zero-order valence-electron chi connectivity index (χ0n) is 12.3. The van der Waals surface area contributed by atoms with E-state index < -0.39 is 0 Å². The summed E-state index contributed by atoms with van der Waals surface area (Å²) in [5.41, 5.74) is 2.17. The van der Waals surface area contributed by atoms with E-state index in [1.54, 1.807) is 6.20 Å². The standard InChI is InChI=1S/C17H24N2O/c1-2-3-4-5-6-7-14-20-16-10-8-15(9-11-16)17-12-13-18-19-17/h8-13H,2-7,14H2,1H3,(H,18,19). The fourth-order valence-corrected chi connectivity index (χ4v) is 2.22. The lowest BCUT2D eigenvalue weighted by molar-refractivity contribution is 0.304. The second kappa shape index (κ2) is 8.41. The number of nitrogens with zero attached hydrogens (tertiary/aromatic N) is 1.